The molecule has 0 amide bonds. The van der Waals surface area contributed by atoms with Gasteiger partial charge in [-0.15, -0.1) is 0 Å². The SMILES string of the molecule is COc1cc(CNc2ncc(N)c(C)c2Br)ccn1. The van der Waals surface area contributed by atoms with E-state index in [1.165, 1.54) is 0 Å². The van der Waals surface area contributed by atoms with Gasteiger partial charge in [0.1, 0.15) is 5.82 Å². The summed E-state index contributed by atoms with van der Waals surface area (Å²) in [6.45, 7) is 2.58. The highest BCUT2D eigenvalue weighted by Crippen LogP contribution is 2.28. The van der Waals surface area contributed by atoms with Crippen LogP contribution in [-0.2, 0) is 6.54 Å². The molecule has 19 heavy (non-hydrogen) atoms. The van der Waals surface area contributed by atoms with Crippen molar-refractivity contribution in [1.82, 2.24) is 9.97 Å². The molecule has 2 rings (SSSR count). The number of methoxy groups -OCH3 is 1. The summed E-state index contributed by atoms with van der Waals surface area (Å²) in [5.74, 6) is 1.36. The molecule has 5 nitrogen and oxygen atoms in total. The van der Waals surface area contributed by atoms with Crippen molar-refractivity contribution in [2.75, 3.05) is 18.2 Å². The number of anilines is 2. The highest BCUT2D eigenvalue weighted by atomic mass is 79.9. The van der Waals surface area contributed by atoms with Crippen molar-refractivity contribution >= 4 is 27.4 Å². The summed E-state index contributed by atoms with van der Waals surface area (Å²) in [6, 6.07) is 3.80. The van der Waals surface area contributed by atoms with Crippen molar-refractivity contribution < 1.29 is 4.74 Å². The zero-order chi connectivity index (χ0) is 13.8. The summed E-state index contributed by atoms with van der Waals surface area (Å²) in [7, 11) is 1.60. The molecule has 0 saturated heterocycles. The molecule has 2 aromatic rings. The molecule has 0 spiro atoms. The predicted octanol–water partition coefficient (Wildman–Crippen LogP) is 2.75. The van der Waals surface area contributed by atoms with Crippen molar-refractivity contribution in [1.29, 1.82) is 0 Å². The van der Waals surface area contributed by atoms with Gasteiger partial charge in [-0.1, -0.05) is 0 Å². The van der Waals surface area contributed by atoms with E-state index in [-0.39, 0.29) is 0 Å². The molecule has 6 heteroatoms. The maximum atomic E-state index is 5.79. The Bertz CT molecular complexity index is 589. The van der Waals surface area contributed by atoms with Gasteiger partial charge in [0.2, 0.25) is 5.88 Å². The number of aromatic nitrogens is 2. The normalized spacial score (nSPS) is 10.3. The van der Waals surface area contributed by atoms with Gasteiger partial charge in [0.05, 0.1) is 23.5 Å². The van der Waals surface area contributed by atoms with E-state index in [1.807, 2.05) is 19.1 Å². The number of nitrogens with zero attached hydrogens (tertiary/aromatic N) is 2. The van der Waals surface area contributed by atoms with E-state index < -0.39 is 0 Å². The first kappa shape index (κ1) is 13.6. The lowest BCUT2D eigenvalue weighted by Crippen LogP contribution is -2.04. The van der Waals surface area contributed by atoms with Crippen LogP contribution < -0.4 is 15.8 Å². The van der Waals surface area contributed by atoms with E-state index in [4.69, 9.17) is 10.5 Å². The quantitative estimate of drug-likeness (QED) is 0.905. The van der Waals surface area contributed by atoms with Crippen LogP contribution in [0, 0.1) is 6.92 Å². The minimum atomic E-state index is 0.597. The van der Waals surface area contributed by atoms with E-state index in [9.17, 15) is 0 Å². The fraction of sp³-hybridized carbons (Fsp3) is 0.231. The maximum absolute atomic E-state index is 5.79. The molecule has 2 aromatic heterocycles. The first-order valence-corrected chi connectivity index (χ1v) is 6.54. The van der Waals surface area contributed by atoms with Crippen LogP contribution in [0.4, 0.5) is 11.5 Å². The topological polar surface area (TPSA) is 73.1 Å². The summed E-state index contributed by atoms with van der Waals surface area (Å²) in [6.07, 6.45) is 3.36. The van der Waals surface area contributed by atoms with Crippen molar-refractivity contribution in [3.8, 4) is 5.88 Å². The summed E-state index contributed by atoms with van der Waals surface area (Å²) < 4.78 is 5.97. The van der Waals surface area contributed by atoms with Gasteiger partial charge in [-0.3, -0.25) is 0 Å². The Balaban J connectivity index is 2.12. The van der Waals surface area contributed by atoms with Crippen molar-refractivity contribution in [2.45, 2.75) is 13.5 Å². The van der Waals surface area contributed by atoms with Crippen molar-refractivity contribution in [3.63, 3.8) is 0 Å². The Labute approximate surface area is 120 Å². The first-order valence-electron chi connectivity index (χ1n) is 5.75. The number of nitrogens with two attached hydrogens (primary N) is 1. The van der Waals surface area contributed by atoms with Gasteiger partial charge in [0, 0.05) is 18.8 Å². The number of halogens is 1. The van der Waals surface area contributed by atoms with Crippen molar-refractivity contribution in [3.05, 3.63) is 40.1 Å². The molecule has 0 aliphatic rings. The standard InChI is InChI=1S/C13H15BrN4O/c1-8-10(15)7-18-13(12(8)14)17-6-9-3-4-16-11(5-9)19-2/h3-5,7H,6,15H2,1-2H3,(H,17,18). The monoisotopic (exact) mass is 322 g/mol. The Morgan fingerprint density at radius 2 is 2.21 bits per heavy atom. The number of nitrogen functional groups attached to an aromatic ring is 1. The Hall–Kier alpha value is -1.82. The van der Waals surface area contributed by atoms with E-state index in [2.05, 4.69) is 31.2 Å². The van der Waals surface area contributed by atoms with Crippen LogP contribution in [0.15, 0.2) is 29.0 Å². The smallest absolute Gasteiger partial charge is 0.213 e. The van der Waals surface area contributed by atoms with Gasteiger partial charge >= 0.3 is 0 Å². The van der Waals surface area contributed by atoms with E-state index in [0.717, 1.165) is 21.4 Å². The van der Waals surface area contributed by atoms with Gasteiger partial charge < -0.3 is 15.8 Å². The second kappa shape index (κ2) is 5.88. The molecular weight excluding hydrogens is 308 g/mol. The van der Waals surface area contributed by atoms with Gasteiger partial charge in [0.15, 0.2) is 0 Å². The highest BCUT2D eigenvalue weighted by Gasteiger charge is 2.07. The molecule has 0 saturated carbocycles. The second-order valence-electron chi connectivity index (χ2n) is 4.06. The fourth-order valence-electron chi connectivity index (χ4n) is 1.57. The molecule has 0 unspecified atom stereocenters. The molecule has 0 aromatic carbocycles. The molecule has 0 radical (unpaired) electrons. The Morgan fingerprint density at radius 3 is 2.95 bits per heavy atom. The number of pyridine rings is 2. The van der Waals surface area contributed by atoms with Crippen LogP contribution in [0.3, 0.4) is 0 Å². The van der Waals surface area contributed by atoms with Crippen LogP contribution in [0.2, 0.25) is 0 Å². The molecule has 2 heterocycles. The van der Waals surface area contributed by atoms with Crippen molar-refractivity contribution in [2.24, 2.45) is 0 Å². The molecule has 0 aliphatic heterocycles. The zero-order valence-corrected chi connectivity index (χ0v) is 12.4. The number of hydrogen-bond acceptors (Lipinski definition) is 5. The largest absolute Gasteiger partial charge is 0.481 e. The summed E-state index contributed by atoms with van der Waals surface area (Å²) in [5, 5.41) is 3.25. The summed E-state index contributed by atoms with van der Waals surface area (Å²) in [4.78, 5) is 8.33. The van der Waals surface area contributed by atoms with E-state index >= 15 is 0 Å². The first-order chi connectivity index (χ1) is 9.11. The molecular formula is C13H15BrN4O. The lowest BCUT2D eigenvalue weighted by molar-refractivity contribution is 0.397. The molecule has 3 N–H and O–H groups in total. The van der Waals surface area contributed by atoms with Gasteiger partial charge in [-0.05, 0) is 40.0 Å². The molecule has 0 aliphatic carbocycles. The van der Waals surface area contributed by atoms with Crippen LogP contribution in [0.1, 0.15) is 11.1 Å². The Kier molecular flexibility index (Phi) is 4.21. The van der Waals surface area contributed by atoms with Crippen LogP contribution in [-0.4, -0.2) is 17.1 Å². The average Bonchev–Trinajstić information content (AvgIpc) is 2.44. The number of ether oxygens (including phenoxy) is 1. The third kappa shape index (κ3) is 3.14. The third-order valence-electron chi connectivity index (χ3n) is 2.77. The minimum Gasteiger partial charge on any atom is -0.481 e. The molecule has 0 atom stereocenters. The van der Waals surface area contributed by atoms with Crippen LogP contribution >= 0.6 is 15.9 Å². The summed E-state index contributed by atoms with van der Waals surface area (Å²) in [5.41, 5.74) is 8.50. The second-order valence-corrected chi connectivity index (χ2v) is 4.85. The third-order valence-corrected chi connectivity index (χ3v) is 3.74. The molecule has 0 bridgehead atoms. The predicted molar refractivity (Wildman–Crippen MR) is 79.2 cm³/mol. The van der Waals surface area contributed by atoms with Crippen LogP contribution in [0.5, 0.6) is 5.88 Å². The lowest BCUT2D eigenvalue weighted by atomic mass is 10.2. The van der Waals surface area contributed by atoms with E-state index in [1.54, 1.807) is 19.5 Å². The average molecular weight is 323 g/mol. The molecule has 100 valence electrons. The lowest BCUT2D eigenvalue weighted by Gasteiger charge is -2.11. The molecule has 0 fully saturated rings. The number of hydrogen-bond donors (Lipinski definition) is 2. The number of rotatable bonds is 4. The summed E-state index contributed by atoms with van der Waals surface area (Å²) >= 11 is 3.49. The van der Waals surface area contributed by atoms with Gasteiger partial charge in [-0.2, -0.15) is 0 Å². The van der Waals surface area contributed by atoms with Gasteiger partial charge in [0.25, 0.3) is 0 Å². The van der Waals surface area contributed by atoms with Crippen LogP contribution in [0.25, 0.3) is 0 Å². The Morgan fingerprint density at radius 1 is 1.42 bits per heavy atom. The number of nitrogens with one attached hydrogen (secondary N) is 1. The highest BCUT2D eigenvalue weighted by molar-refractivity contribution is 9.10. The maximum Gasteiger partial charge on any atom is 0.213 e. The minimum absolute atomic E-state index is 0.597. The zero-order valence-electron chi connectivity index (χ0n) is 10.8. The van der Waals surface area contributed by atoms with E-state index in [0.29, 0.717) is 18.1 Å². The fourth-order valence-corrected chi connectivity index (χ4v) is 2.04. The van der Waals surface area contributed by atoms with Gasteiger partial charge in [-0.25, -0.2) is 9.97 Å².